The number of hydrogen-bond donors (Lipinski definition) is 1. The summed E-state index contributed by atoms with van der Waals surface area (Å²) in [5.74, 6) is 0.292. The van der Waals surface area contributed by atoms with Gasteiger partial charge in [0, 0.05) is 32.2 Å². The Morgan fingerprint density at radius 3 is 2.29 bits per heavy atom. The molecule has 1 atom stereocenters. The molecule has 1 saturated heterocycles. The van der Waals surface area contributed by atoms with Gasteiger partial charge in [0.05, 0.1) is 20.3 Å². The molecule has 8 nitrogen and oxygen atoms in total. The number of nitrogens with two attached hydrogens (primary N) is 1. The monoisotopic (exact) mass is 357 g/mol. The number of ether oxygens (including phenoxy) is 2. The van der Waals surface area contributed by atoms with Crippen molar-refractivity contribution < 1.29 is 22.7 Å². The van der Waals surface area contributed by atoms with Crippen molar-refractivity contribution in [2.45, 2.75) is 17.9 Å². The third kappa shape index (κ3) is 3.63. The minimum Gasteiger partial charge on any atom is -0.497 e. The number of benzene rings is 1. The van der Waals surface area contributed by atoms with Crippen LogP contribution in [0.25, 0.3) is 0 Å². The largest absolute Gasteiger partial charge is 0.497 e. The van der Waals surface area contributed by atoms with Gasteiger partial charge in [-0.2, -0.15) is 4.31 Å². The minimum atomic E-state index is -3.72. The van der Waals surface area contributed by atoms with E-state index in [9.17, 15) is 13.2 Å². The molecule has 2 rings (SSSR count). The van der Waals surface area contributed by atoms with E-state index < -0.39 is 22.0 Å². The van der Waals surface area contributed by atoms with Crippen LogP contribution in [-0.4, -0.2) is 70.0 Å². The second kappa shape index (κ2) is 7.37. The summed E-state index contributed by atoms with van der Waals surface area (Å²) in [4.78, 5) is 13.2. The van der Waals surface area contributed by atoms with Crippen LogP contribution in [-0.2, 0) is 14.8 Å². The van der Waals surface area contributed by atoms with E-state index in [1.807, 2.05) is 4.90 Å². The van der Waals surface area contributed by atoms with Gasteiger partial charge in [0.1, 0.15) is 16.4 Å². The molecule has 1 fully saturated rings. The number of sulfonamides is 1. The number of piperazine rings is 1. The normalized spacial score (nSPS) is 18.1. The molecule has 1 aromatic rings. The summed E-state index contributed by atoms with van der Waals surface area (Å²) in [6.07, 6.45) is 0. The van der Waals surface area contributed by atoms with E-state index in [4.69, 9.17) is 15.2 Å². The summed E-state index contributed by atoms with van der Waals surface area (Å²) >= 11 is 0. The summed E-state index contributed by atoms with van der Waals surface area (Å²) in [5.41, 5.74) is 5.31. The van der Waals surface area contributed by atoms with Gasteiger partial charge in [-0.3, -0.25) is 9.69 Å². The van der Waals surface area contributed by atoms with Gasteiger partial charge in [-0.05, 0) is 19.1 Å². The number of carbonyl (C=O) groups excluding carboxylic acids is 1. The second-order valence-electron chi connectivity index (χ2n) is 5.54. The fraction of sp³-hybridized carbons (Fsp3) is 0.533. The Morgan fingerprint density at radius 2 is 1.79 bits per heavy atom. The van der Waals surface area contributed by atoms with E-state index in [-0.39, 0.29) is 23.7 Å². The van der Waals surface area contributed by atoms with Gasteiger partial charge in [-0.1, -0.05) is 0 Å². The predicted octanol–water partition coefficient (Wildman–Crippen LogP) is -0.116. The first-order valence-electron chi connectivity index (χ1n) is 7.56. The van der Waals surface area contributed by atoms with Crippen LogP contribution < -0.4 is 15.2 Å². The molecular formula is C15H23N3O5S. The lowest BCUT2D eigenvalue weighted by molar-refractivity contribution is -0.123. The first-order chi connectivity index (χ1) is 11.3. The number of hydrogen-bond acceptors (Lipinski definition) is 6. The highest BCUT2D eigenvalue weighted by Gasteiger charge is 2.33. The van der Waals surface area contributed by atoms with Crippen LogP contribution in [0.5, 0.6) is 11.5 Å². The lowest BCUT2D eigenvalue weighted by Crippen LogP contribution is -2.54. The maximum absolute atomic E-state index is 12.9. The van der Waals surface area contributed by atoms with Crippen molar-refractivity contribution in [3.8, 4) is 11.5 Å². The molecule has 0 radical (unpaired) electrons. The van der Waals surface area contributed by atoms with Crippen molar-refractivity contribution in [1.29, 1.82) is 0 Å². The zero-order valence-corrected chi connectivity index (χ0v) is 14.9. The summed E-state index contributed by atoms with van der Waals surface area (Å²) in [5, 5.41) is 0. The molecule has 0 saturated carbocycles. The molecule has 134 valence electrons. The SMILES string of the molecule is COc1ccc(OC)c(S(=O)(=O)N2CCN([C@@H](C)C(N)=O)CC2)c1. The predicted molar refractivity (Wildman–Crippen MR) is 88.5 cm³/mol. The third-order valence-corrected chi connectivity index (χ3v) is 6.14. The smallest absolute Gasteiger partial charge is 0.246 e. The van der Waals surface area contributed by atoms with Crippen molar-refractivity contribution >= 4 is 15.9 Å². The zero-order valence-electron chi connectivity index (χ0n) is 14.1. The van der Waals surface area contributed by atoms with Gasteiger partial charge < -0.3 is 15.2 Å². The molecule has 1 aliphatic rings. The van der Waals surface area contributed by atoms with Crippen molar-refractivity contribution in [1.82, 2.24) is 9.21 Å². The van der Waals surface area contributed by atoms with Crippen LogP contribution in [0.15, 0.2) is 23.1 Å². The van der Waals surface area contributed by atoms with Crippen LogP contribution in [0.1, 0.15) is 6.92 Å². The highest BCUT2D eigenvalue weighted by molar-refractivity contribution is 7.89. The molecule has 0 spiro atoms. The summed E-state index contributed by atoms with van der Waals surface area (Å²) < 4.78 is 37.5. The molecule has 1 amide bonds. The highest BCUT2D eigenvalue weighted by Crippen LogP contribution is 2.31. The van der Waals surface area contributed by atoms with Crippen molar-refractivity contribution in [2.24, 2.45) is 5.73 Å². The molecule has 1 aliphatic heterocycles. The molecule has 1 aromatic carbocycles. The van der Waals surface area contributed by atoms with Gasteiger partial charge in [-0.25, -0.2) is 8.42 Å². The highest BCUT2D eigenvalue weighted by atomic mass is 32.2. The lowest BCUT2D eigenvalue weighted by atomic mass is 10.2. The molecule has 0 aliphatic carbocycles. The molecule has 2 N–H and O–H groups in total. The number of methoxy groups -OCH3 is 2. The van der Waals surface area contributed by atoms with E-state index in [1.165, 1.54) is 24.6 Å². The quantitative estimate of drug-likeness (QED) is 0.762. The maximum Gasteiger partial charge on any atom is 0.246 e. The van der Waals surface area contributed by atoms with Gasteiger partial charge in [-0.15, -0.1) is 0 Å². The Labute approximate surface area is 142 Å². The molecule has 0 bridgehead atoms. The lowest BCUT2D eigenvalue weighted by Gasteiger charge is -2.36. The standard InChI is InChI=1S/C15H23N3O5S/c1-11(15(16)19)17-6-8-18(9-7-17)24(20,21)14-10-12(22-2)4-5-13(14)23-3/h4-5,10-11H,6-9H2,1-3H3,(H2,16,19)/t11-/m0/s1. The Hall–Kier alpha value is -1.84. The minimum absolute atomic E-state index is 0.0701. The first-order valence-corrected chi connectivity index (χ1v) is 9.00. The maximum atomic E-state index is 12.9. The number of carbonyl (C=O) groups is 1. The fourth-order valence-corrected chi connectivity index (χ4v) is 4.23. The molecular weight excluding hydrogens is 334 g/mol. The number of rotatable bonds is 6. The van der Waals surface area contributed by atoms with E-state index in [2.05, 4.69) is 0 Å². The Bertz CT molecular complexity index is 699. The van der Waals surface area contributed by atoms with Crippen molar-refractivity contribution in [3.63, 3.8) is 0 Å². The molecule has 9 heteroatoms. The third-order valence-electron chi connectivity index (χ3n) is 4.22. The molecule has 0 unspecified atom stereocenters. The van der Waals surface area contributed by atoms with Crippen LogP contribution in [0.2, 0.25) is 0 Å². The van der Waals surface area contributed by atoms with Crippen molar-refractivity contribution in [3.05, 3.63) is 18.2 Å². The zero-order chi connectivity index (χ0) is 17.9. The number of nitrogens with zero attached hydrogens (tertiary/aromatic N) is 2. The average Bonchev–Trinajstić information content (AvgIpc) is 2.60. The Kier molecular flexibility index (Phi) is 5.68. The van der Waals surface area contributed by atoms with Gasteiger partial charge in [0.15, 0.2) is 0 Å². The summed E-state index contributed by atoms with van der Waals surface area (Å²) in [6.45, 7) is 3.16. The molecule has 0 aromatic heterocycles. The van der Waals surface area contributed by atoms with Crippen LogP contribution in [0.4, 0.5) is 0 Å². The van der Waals surface area contributed by atoms with E-state index in [0.717, 1.165) is 0 Å². The van der Waals surface area contributed by atoms with Crippen LogP contribution in [0, 0.1) is 0 Å². The summed E-state index contributed by atoms with van der Waals surface area (Å²) in [6, 6.07) is 4.25. The van der Waals surface area contributed by atoms with Gasteiger partial charge >= 0.3 is 0 Å². The second-order valence-corrected chi connectivity index (χ2v) is 7.44. The van der Waals surface area contributed by atoms with E-state index >= 15 is 0 Å². The Morgan fingerprint density at radius 1 is 1.17 bits per heavy atom. The Balaban J connectivity index is 2.22. The molecule has 24 heavy (non-hydrogen) atoms. The number of amides is 1. The fourth-order valence-electron chi connectivity index (χ4n) is 2.64. The van der Waals surface area contributed by atoms with Crippen LogP contribution in [0.3, 0.4) is 0 Å². The van der Waals surface area contributed by atoms with Gasteiger partial charge in [0.2, 0.25) is 15.9 Å². The summed E-state index contributed by atoms with van der Waals surface area (Å²) in [7, 11) is -0.823. The van der Waals surface area contributed by atoms with E-state index in [0.29, 0.717) is 18.8 Å². The molecule has 1 heterocycles. The van der Waals surface area contributed by atoms with Gasteiger partial charge in [0.25, 0.3) is 0 Å². The first kappa shape index (κ1) is 18.5. The van der Waals surface area contributed by atoms with Crippen LogP contribution >= 0.6 is 0 Å². The number of primary amides is 1. The van der Waals surface area contributed by atoms with Crippen molar-refractivity contribution in [2.75, 3.05) is 40.4 Å². The van der Waals surface area contributed by atoms with E-state index in [1.54, 1.807) is 19.1 Å². The average molecular weight is 357 g/mol. The topological polar surface area (TPSA) is 102 Å².